The summed E-state index contributed by atoms with van der Waals surface area (Å²) in [6.45, 7) is 2.68. The summed E-state index contributed by atoms with van der Waals surface area (Å²) in [6, 6.07) is 18.0. The summed E-state index contributed by atoms with van der Waals surface area (Å²) in [4.78, 5) is 0. The Hall–Kier alpha value is -2.98. The summed E-state index contributed by atoms with van der Waals surface area (Å²) in [7, 11) is 0. The summed E-state index contributed by atoms with van der Waals surface area (Å²) in [5.74, 6) is 2.28. The zero-order valence-electron chi connectivity index (χ0n) is 14.1. The second-order valence-electron chi connectivity index (χ2n) is 5.84. The lowest BCUT2D eigenvalue weighted by atomic mass is 10.2. The van der Waals surface area contributed by atoms with Gasteiger partial charge in [0.05, 0.1) is 17.9 Å². The lowest BCUT2D eigenvalue weighted by molar-refractivity contribution is 0.174. The minimum Gasteiger partial charge on any atom is -0.454 e. The molecule has 0 saturated heterocycles. The fourth-order valence-electron chi connectivity index (χ4n) is 2.73. The first-order valence-electron chi connectivity index (χ1n) is 8.18. The topological polar surface area (TPSA) is 73.0 Å². The van der Waals surface area contributed by atoms with Gasteiger partial charge in [0.15, 0.2) is 22.5 Å². The van der Waals surface area contributed by atoms with Crippen molar-refractivity contribution >= 4 is 11.8 Å². The summed E-state index contributed by atoms with van der Waals surface area (Å²) >= 11 is 1.40. The van der Waals surface area contributed by atoms with Crippen LogP contribution in [0.4, 0.5) is 0 Å². The Kier molecular flexibility index (Phi) is 4.50. The van der Waals surface area contributed by atoms with E-state index in [0.29, 0.717) is 6.54 Å². The third-order valence-corrected chi connectivity index (χ3v) is 4.96. The van der Waals surface area contributed by atoms with Crippen molar-refractivity contribution in [2.45, 2.75) is 23.9 Å². The minimum absolute atomic E-state index is 0.210. The Labute approximate surface area is 155 Å². The van der Waals surface area contributed by atoms with Gasteiger partial charge in [0.25, 0.3) is 0 Å². The molecule has 0 aliphatic carbocycles. The van der Waals surface area contributed by atoms with Crippen LogP contribution in [0.5, 0.6) is 11.5 Å². The molecule has 2 aromatic carbocycles. The molecule has 0 amide bonds. The Bertz CT molecular complexity index is 965. The number of ether oxygens (including phenoxy) is 2. The Morgan fingerprint density at radius 1 is 1.15 bits per heavy atom. The number of aromatic nitrogens is 3. The molecule has 4 rings (SSSR count). The van der Waals surface area contributed by atoms with Crippen molar-refractivity contribution in [2.24, 2.45) is 0 Å². The Balaban J connectivity index is 1.72. The quantitative estimate of drug-likeness (QED) is 0.643. The highest BCUT2D eigenvalue weighted by Gasteiger charge is 2.19. The van der Waals surface area contributed by atoms with E-state index in [9.17, 15) is 0 Å². The van der Waals surface area contributed by atoms with Crippen molar-refractivity contribution in [1.29, 1.82) is 5.26 Å². The normalized spacial score (nSPS) is 13.4. The lowest BCUT2D eigenvalue weighted by Gasteiger charge is -2.11. The van der Waals surface area contributed by atoms with Gasteiger partial charge in [-0.2, -0.15) is 5.26 Å². The second-order valence-corrected chi connectivity index (χ2v) is 7.14. The number of thioether (sulfide) groups is 1. The van der Waals surface area contributed by atoms with Crippen molar-refractivity contribution < 1.29 is 9.47 Å². The average Bonchev–Trinajstić information content (AvgIpc) is 3.29. The monoisotopic (exact) mass is 364 g/mol. The van der Waals surface area contributed by atoms with Crippen LogP contribution in [0, 0.1) is 11.3 Å². The van der Waals surface area contributed by atoms with E-state index in [4.69, 9.17) is 14.7 Å². The number of hydrogen-bond donors (Lipinski definition) is 0. The third-order valence-electron chi connectivity index (χ3n) is 3.99. The lowest BCUT2D eigenvalue weighted by Crippen LogP contribution is -2.05. The van der Waals surface area contributed by atoms with Gasteiger partial charge in [-0.1, -0.05) is 48.2 Å². The maximum absolute atomic E-state index is 9.15. The fraction of sp³-hybridized carbons (Fsp3) is 0.211. The van der Waals surface area contributed by atoms with Crippen molar-refractivity contribution in [3.8, 4) is 29.0 Å². The highest BCUT2D eigenvalue weighted by atomic mass is 32.2. The smallest absolute Gasteiger partial charge is 0.231 e. The van der Waals surface area contributed by atoms with Crippen LogP contribution in [0.25, 0.3) is 11.4 Å². The highest BCUT2D eigenvalue weighted by molar-refractivity contribution is 8.00. The predicted molar refractivity (Wildman–Crippen MR) is 98.1 cm³/mol. The van der Waals surface area contributed by atoms with Crippen LogP contribution in [-0.4, -0.2) is 26.8 Å². The molecule has 0 bridgehead atoms. The van der Waals surface area contributed by atoms with Crippen molar-refractivity contribution in [2.75, 3.05) is 6.79 Å². The summed E-state index contributed by atoms with van der Waals surface area (Å²) in [5.41, 5.74) is 2.04. The SMILES string of the molecule is C[C@@H](C#N)Sc1nnc(-c2ccccc2)n1Cc1ccc2c(c1)OCO2. The van der Waals surface area contributed by atoms with E-state index in [1.54, 1.807) is 0 Å². The van der Waals surface area contributed by atoms with E-state index in [-0.39, 0.29) is 12.0 Å². The fourth-order valence-corrected chi connectivity index (χ4v) is 3.46. The Morgan fingerprint density at radius 2 is 1.96 bits per heavy atom. The van der Waals surface area contributed by atoms with E-state index < -0.39 is 0 Å². The van der Waals surface area contributed by atoms with Gasteiger partial charge < -0.3 is 9.47 Å². The molecule has 1 atom stereocenters. The molecule has 0 unspecified atom stereocenters. The van der Waals surface area contributed by atoms with Crippen molar-refractivity contribution in [1.82, 2.24) is 14.8 Å². The van der Waals surface area contributed by atoms with Gasteiger partial charge in [-0.3, -0.25) is 4.57 Å². The molecule has 0 spiro atoms. The minimum atomic E-state index is -0.210. The first-order chi connectivity index (χ1) is 12.7. The van der Waals surface area contributed by atoms with Gasteiger partial charge >= 0.3 is 0 Å². The molecule has 3 aromatic rings. The van der Waals surface area contributed by atoms with Crippen LogP contribution in [0.3, 0.4) is 0 Å². The van der Waals surface area contributed by atoms with Crippen molar-refractivity contribution in [3.05, 3.63) is 54.1 Å². The molecule has 1 aliphatic rings. The number of nitrogens with zero attached hydrogens (tertiary/aromatic N) is 4. The van der Waals surface area contributed by atoms with E-state index in [1.165, 1.54) is 11.8 Å². The molecule has 7 heteroatoms. The number of rotatable bonds is 5. The molecule has 130 valence electrons. The molecule has 0 saturated carbocycles. The van der Waals surface area contributed by atoms with Gasteiger partial charge in [-0.05, 0) is 24.6 Å². The van der Waals surface area contributed by atoms with Crippen LogP contribution in [0.1, 0.15) is 12.5 Å². The first kappa shape index (κ1) is 16.5. The largest absolute Gasteiger partial charge is 0.454 e. The molecule has 6 nitrogen and oxygen atoms in total. The maximum Gasteiger partial charge on any atom is 0.231 e. The first-order valence-corrected chi connectivity index (χ1v) is 9.06. The maximum atomic E-state index is 9.15. The summed E-state index contributed by atoms with van der Waals surface area (Å²) in [5, 5.41) is 18.3. The highest BCUT2D eigenvalue weighted by Crippen LogP contribution is 2.34. The van der Waals surface area contributed by atoms with Crippen LogP contribution < -0.4 is 9.47 Å². The van der Waals surface area contributed by atoms with Gasteiger partial charge in [-0.15, -0.1) is 10.2 Å². The average molecular weight is 364 g/mol. The van der Waals surface area contributed by atoms with Gasteiger partial charge in [0, 0.05) is 5.56 Å². The van der Waals surface area contributed by atoms with E-state index >= 15 is 0 Å². The van der Waals surface area contributed by atoms with Gasteiger partial charge in [0.2, 0.25) is 6.79 Å². The summed E-state index contributed by atoms with van der Waals surface area (Å²) in [6.07, 6.45) is 0. The van der Waals surface area contributed by atoms with Crippen LogP contribution in [-0.2, 0) is 6.54 Å². The molecule has 26 heavy (non-hydrogen) atoms. The zero-order valence-corrected chi connectivity index (χ0v) is 14.9. The number of nitriles is 1. The molecular weight excluding hydrogens is 348 g/mol. The third kappa shape index (κ3) is 3.24. The zero-order chi connectivity index (χ0) is 17.9. The Morgan fingerprint density at radius 3 is 2.77 bits per heavy atom. The molecule has 1 aromatic heterocycles. The number of hydrogen-bond acceptors (Lipinski definition) is 6. The number of benzene rings is 2. The molecule has 0 radical (unpaired) electrons. The number of fused-ring (bicyclic) bond motifs is 1. The van der Waals surface area contributed by atoms with Gasteiger partial charge in [0.1, 0.15) is 0 Å². The summed E-state index contributed by atoms with van der Waals surface area (Å²) < 4.78 is 12.9. The van der Waals surface area contributed by atoms with E-state index in [2.05, 4.69) is 16.3 Å². The molecule has 2 heterocycles. The second kappa shape index (κ2) is 7.10. The molecule has 0 N–H and O–H groups in total. The van der Waals surface area contributed by atoms with E-state index in [1.807, 2.05) is 60.0 Å². The molecule has 0 fully saturated rings. The molecular formula is C19H16N4O2S. The van der Waals surface area contributed by atoms with Crippen molar-refractivity contribution in [3.63, 3.8) is 0 Å². The van der Waals surface area contributed by atoms with Crippen LogP contribution >= 0.6 is 11.8 Å². The van der Waals surface area contributed by atoms with Gasteiger partial charge in [-0.25, -0.2) is 0 Å². The molecule has 1 aliphatic heterocycles. The van der Waals surface area contributed by atoms with Crippen LogP contribution in [0.15, 0.2) is 53.7 Å². The van der Waals surface area contributed by atoms with E-state index in [0.717, 1.165) is 33.6 Å². The van der Waals surface area contributed by atoms with Crippen LogP contribution in [0.2, 0.25) is 0 Å². The predicted octanol–water partition coefficient (Wildman–Crippen LogP) is 3.73. The standard InChI is InChI=1S/C19H16N4O2S/c1-13(10-20)26-19-22-21-18(15-5-3-2-4-6-15)23(19)11-14-7-8-16-17(9-14)25-12-24-16/h2-9,13H,11-12H2,1H3/t13-/m0/s1.